The number of piperidine rings is 1. The second-order valence-electron chi connectivity index (χ2n) is 7.68. The smallest absolute Gasteiger partial charge is 0.191 e. The molecule has 0 aromatic carbocycles. The summed E-state index contributed by atoms with van der Waals surface area (Å²) in [7, 11) is 1.86. The average Bonchev–Trinajstić information content (AvgIpc) is 3.38. The molecule has 1 aromatic rings. The van der Waals surface area contributed by atoms with E-state index in [9.17, 15) is 0 Å². The van der Waals surface area contributed by atoms with Crippen LogP contribution in [0.15, 0.2) is 10.4 Å². The van der Waals surface area contributed by atoms with Crippen molar-refractivity contribution in [2.24, 2.45) is 4.99 Å². The summed E-state index contributed by atoms with van der Waals surface area (Å²) in [6.07, 6.45) is 8.56. The molecule has 0 atom stereocenters. The molecule has 3 rings (SSSR count). The van der Waals surface area contributed by atoms with Crippen LogP contribution in [0, 0.1) is 0 Å². The predicted octanol–water partition coefficient (Wildman–Crippen LogP) is 2.72. The maximum absolute atomic E-state index is 4.80. The molecule has 2 saturated heterocycles. The van der Waals surface area contributed by atoms with Gasteiger partial charge in [0.15, 0.2) is 11.1 Å². The third-order valence-electron chi connectivity index (χ3n) is 5.57. The number of aliphatic imine (C=N–C) groups is 1. The van der Waals surface area contributed by atoms with E-state index < -0.39 is 0 Å². The van der Waals surface area contributed by atoms with Gasteiger partial charge < -0.3 is 20.4 Å². The number of hydrogen-bond donors (Lipinski definition) is 2. The quantitative estimate of drug-likeness (QED) is 0.526. The highest BCUT2D eigenvalue weighted by molar-refractivity contribution is 7.13. The van der Waals surface area contributed by atoms with E-state index in [0.29, 0.717) is 6.04 Å². The largest absolute Gasteiger partial charge is 0.356 e. The number of nitrogens with one attached hydrogen (secondary N) is 2. The SMILES string of the molecule is CCCCN1CCC(NC(=NC)NCCc2csc(N3CCCC3)n2)CC1. The van der Waals surface area contributed by atoms with E-state index in [2.05, 4.69) is 37.7 Å². The maximum atomic E-state index is 4.80. The van der Waals surface area contributed by atoms with Crippen LogP contribution in [-0.4, -0.2) is 68.2 Å². The van der Waals surface area contributed by atoms with Gasteiger partial charge in [-0.05, 0) is 38.6 Å². The van der Waals surface area contributed by atoms with Crippen LogP contribution < -0.4 is 15.5 Å². The monoisotopic (exact) mass is 392 g/mol. The molecule has 3 heterocycles. The van der Waals surface area contributed by atoms with Gasteiger partial charge >= 0.3 is 0 Å². The molecule has 1 aromatic heterocycles. The summed E-state index contributed by atoms with van der Waals surface area (Å²) < 4.78 is 0. The number of unbranched alkanes of at least 4 members (excludes halogenated alkanes) is 1. The molecule has 0 amide bonds. The van der Waals surface area contributed by atoms with Crippen molar-refractivity contribution >= 4 is 22.4 Å². The molecule has 2 N–H and O–H groups in total. The Morgan fingerprint density at radius 2 is 2.04 bits per heavy atom. The van der Waals surface area contributed by atoms with E-state index in [1.807, 2.05) is 7.05 Å². The highest BCUT2D eigenvalue weighted by Gasteiger charge is 2.19. The number of nitrogens with zero attached hydrogens (tertiary/aromatic N) is 4. The molecule has 6 nitrogen and oxygen atoms in total. The van der Waals surface area contributed by atoms with Gasteiger partial charge in [0.2, 0.25) is 0 Å². The Hall–Kier alpha value is -1.34. The summed E-state index contributed by atoms with van der Waals surface area (Å²) in [5.41, 5.74) is 1.19. The van der Waals surface area contributed by atoms with Crippen LogP contribution in [0.1, 0.15) is 51.1 Å². The van der Waals surface area contributed by atoms with Crippen LogP contribution in [-0.2, 0) is 6.42 Å². The van der Waals surface area contributed by atoms with Crippen LogP contribution >= 0.6 is 11.3 Å². The maximum Gasteiger partial charge on any atom is 0.191 e. The first-order valence-corrected chi connectivity index (χ1v) is 11.6. The van der Waals surface area contributed by atoms with Crippen molar-refractivity contribution < 1.29 is 0 Å². The molecule has 0 saturated carbocycles. The molecule has 0 radical (unpaired) electrons. The highest BCUT2D eigenvalue weighted by atomic mass is 32.1. The topological polar surface area (TPSA) is 55.8 Å². The van der Waals surface area contributed by atoms with E-state index in [1.54, 1.807) is 11.3 Å². The van der Waals surface area contributed by atoms with E-state index in [4.69, 9.17) is 4.98 Å². The van der Waals surface area contributed by atoms with Crippen LogP contribution in [0.3, 0.4) is 0 Å². The van der Waals surface area contributed by atoms with Crippen molar-refractivity contribution in [1.29, 1.82) is 0 Å². The summed E-state index contributed by atoms with van der Waals surface area (Å²) in [6.45, 7) is 9.13. The highest BCUT2D eigenvalue weighted by Crippen LogP contribution is 2.24. The second-order valence-corrected chi connectivity index (χ2v) is 8.51. The minimum atomic E-state index is 0.537. The molecule has 152 valence electrons. The standard InChI is InChI=1S/C20H36N6S/c1-3-4-11-25-14-8-17(9-15-25)23-19(21-2)22-10-7-18-16-27-20(24-18)26-12-5-6-13-26/h16-17H,3-15H2,1-2H3,(H2,21,22,23). The Labute approximate surface area is 168 Å². The fourth-order valence-corrected chi connectivity index (χ4v) is 4.76. The van der Waals surface area contributed by atoms with Gasteiger partial charge in [0.25, 0.3) is 0 Å². The third kappa shape index (κ3) is 6.35. The lowest BCUT2D eigenvalue weighted by atomic mass is 10.0. The number of guanidine groups is 1. The van der Waals surface area contributed by atoms with E-state index >= 15 is 0 Å². The van der Waals surface area contributed by atoms with Crippen molar-refractivity contribution in [3.8, 4) is 0 Å². The molecule has 2 fully saturated rings. The number of rotatable bonds is 8. The number of hydrogen-bond acceptors (Lipinski definition) is 5. The average molecular weight is 393 g/mol. The third-order valence-corrected chi connectivity index (χ3v) is 6.52. The van der Waals surface area contributed by atoms with Gasteiger partial charge in [-0.3, -0.25) is 4.99 Å². The molecule has 0 unspecified atom stereocenters. The summed E-state index contributed by atoms with van der Waals surface area (Å²) in [5.74, 6) is 0.928. The molecule has 0 spiro atoms. The Bertz CT molecular complexity index is 573. The van der Waals surface area contributed by atoms with Crippen LogP contribution in [0.25, 0.3) is 0 Å². The fourth-order valence-electron chi connectivity index (χ4n) is 3.84. The van der Waals surface area contributed by atoms with Gasteiger partial charge in [-0.25, -0.2) is 4.98 Å². The molecule has 0 aliphatic carbocycles. The van der Waals surface area contributed by atoms with Gasteiger partial charge in [-0.15, -0.1) is 11.3 Å². The number of thiazole rings is 1. The Kier molecular flexibility index (Phi) is 8.20. The normalized spacial score (nSPS) is 19.6. The van der Waals surface area contributed by atoms with Crippen molar-refractivity contribution in [3.63, 3.8) is 0 Å². The predicted molar refractivity (Wildman–Crippen MR) is 116 cm³/mol. The minimum absolute atomic E-state index is 0.537. The van der Waals surface area contributed by atoms with Crippen LogP contribution in [0.5, 0.6) is 0 Å². The second kappa shape index (κ2) is 10.9. The fraction of sp³-hybridized carbons (Fsp3) is 0.800. The molecule has 0 bridgehead atoms. The molecular weight excluding hydrogens is 356 g/mol. The van der Waals surface area contributed by atoms with Crippen molar-refractivity contribution in [2.45, 2.75) is 57.9 Å². The molecule has 2 aliphatic heterocycles. The van der Waals surface area contributed by atoms with Gasteiger partial charge in [-0.1, -0.05) is 13.3 Å². The van der Waals surface area contributed by atoms with Crippen LogP contribution in [0.4, 0.5) is 5.13 Å². The lowest BCUT2D eigenvalue weighted by Gasteiger charge is -2.33. The Morgan fingerprint density at radius 1 is 1.26 bits per heavy atom. The van der Waals surface area contributed by atoms with Gasteiger partial charge in [0, 0.05) is 57.6 Å². The lowest BCUT2D eigenvalue weighted by molar-refractivity contribution is 0.203. The molecule has 7 heteroatoms. The van der Waals surface area contributed by atoms with E-state index in [-0.39, 0.29) is 0 Å². The summed E-state index contributed by atoms with van der Waals surface area (Å²) in [5, 5.41) is 10.5. The number of likely N-dealkylation sites (tertiary alicyclic amines) is 1. The molecule has 27 heavy (non-hydrogen) atoms. The van der Waals surface area contributed by atoms with E-state index in [1.165, 1.54) is 82.1 Å². The first kappa shape index (κ1) is 20.4. The molecule has 2 aliphatic rings. The zero-order valence-corrected chi connectivity index (χ0v) is 17.9. The first-order chi connectivity index (χ1) is 13.3. The molecular formula is C20H36N6S. The van der Waals surface area contributed by atoms with Gasteiger partial charge in [0.05, 0.1) is 5.69 Å². The Balaban J connectivity index is 1.35. The lowest BCUT2D eigenvalue weighted by Crippen LogP contribution is -2.49. The number of aromatic nitrogens is 1. The van der Waals surface area contributed by atoms with E-state index in [0.717, 1.165) is 18.9 Å². The minimum Gasteiger partial charge on any atom is -0.356 e. The van der Waals surface area contributed by atoms with Crippen molar-refractivity contribution in [2.75, 3.05) is 51.2 Å². The summed E-state index contributed by atoms with van der Waals surface area (Å²) >= 11 is 1.78. The summed E-state index contributed by atoms with van der Waals surface area (Å²) in [4.78, 5) is 14.2. The zero-order chi connectivity index (χ0) is 18.9. The van der Waals surface area contributed by atoms with Gasteiger partial charge in [-0.2, -0.15) is 0 Å². The van der Waals surface area contributed by atoms with Crippen LogP contribution in [0.2, 0.25) is 0 Å². The van der Waals surface area contributed by atoms with Crippen molar-refractivity contribution in [1.82, 2.24) is 20.5 Å². The first-order valence-electron chi connectivity index (χ1n) is 10.7. The summed E-state index contributed by atoms with van der Waals surface area (Å²) in [6, 6.07) is 0.537. The zero-order valence-electron chi connectivity index (χ0n) is 17.0. The number of anilines is 1. The van der Waals surface area contributed by atoms with Crippen molar-refractivity contribution in [3.05, 3.63) is 11.1 Å². The Morgan fingerprint density at radius 3 is 2.74 bits per heavy atom. The van der Waals surface area contributed by atoms with Gasteiger partial charge in [0.1, 0.15) is 0 Å².